The summed E-state index contributed by atoms with van der Waals surface area (Å²) >= 11 is 0. The van der Waals surface area contributed by atoms with Crippen LogP contribution in [0.3, 0.4) is 0 Å². The van der Waals surface area contributed by atoms with Crippen LogP contribution in [0.25, 0.3) is 11.3 Å². The van der Waals surface area contributed by atoms with E-state index in [0.717, 1.165) is 31.9 Å². The zero-order valence-corrected chi connectivity index (χ0v) is 18.8. The molecule has 7 nitrogen and oxygen atoms in total. The zero-order chi connectivity index (χ0) is 23.5. The average Bonchev–Trinajstić information content (AvgIpc) is 3.09. The average molecular weight is 464 g/mol. The van der Waals surface area contributed by atoms with Crippen molar-refractivity contribution in [3.05, 3.63) is 35.8 Å². The second kappa shape index (κ2) is 7.93. The van der Waals surface area contributed by atoms with E-state index in [1.54, 1.807) is 0 Å². The molecule has 3 aliphatic rings. The number of morpholine rings is 1. The highest BCUT2D eigenvalue weighted by molar-refractivity contribution is 5.64. The van der Waals surface area contributed by atoms with Crippen molar-refractivity contribution in [2.45, 2.75) is 51.6 Å². The maximum Gasteiger partial charge on any atom is 0.573 e. The zero-order valence-electron chi connectivity index (χ0n) is 18.8. The lowest BCUT2D eigenvalue weighted by Crippen LogP contribution is -2.42. The molecule has 2 fully saturated rings. The predicted molar refractivity (Wildman–Crippen MR) is 116 cm³/mol. The van der Waals surface area contributed by atoms with Crippen LogP contribution in [0.4, 0.5) is 19.0 Å². The first-order chi connectivity index (χ1) is 15.6. The smallest absolute Gasteiger partial charge is 0.402 e. The Kier molecular flexibility index (Phi) is 5.30. The molecule has 1 aliphatic heterocycles. The Morgan fingerprint density at radius 1 is 1.27 bits per heavy atom. The van der Waals surface area contributed by atoms with E-state index in [1.807, 2.05) is 10.7 Å². The molecule has 3 heterocycles. The highest BCUT2D eigenvalue weighted by Crippen LogP contribution is 2.62. The van der Waals surface area contributed by atoms with Gasteiger partial charge in [0.25, 0.3) is 0 Å². The largest absolute Gasteiger partial charge is 0.573 e. The number of hydrogen-bond donors (Lipinski definition) is 1. The van der Waals surface area contributed by atoms with Crippen LogP contribution < -0.4 is 10.5 Å². The van der Waals surface area contributed by atoms with Crippen LogP contribution in [0.15, 0.2) is 30.1 Å². The monoisotopic (exact) mass is 463 g/mol. The van der Waals surface area contributed by atoms with Crippen molar-refractivity contribution < 1.29 is 22.6 Å². The minimum absolute atomic E-state index is 0.116. The van der Waals surface area contributed by atoms with E-state index in [4.69, 9.17) is 15.6 Å². The normalized spacial score (nSPS) is 27.0. The van der Waals surface area contributed by atoms with Crippen LogP contribution in [0.5, 0.6) is 5.75 Å². The number of nitrogens with zero attached hydrogens (tertiary/aromatic N) is 4. The first-order valence-corrected chi connectivity index (χ1v) is 11.3. The molecule has 0 aromatic carbocycles. The summed E-state index contributed by atoms with van der Waals surface area (Å²) in [6, 6.07) is 3.72. The fourth-order valence-corrected chi connectivity index (χ4v) is 5.22. The van der Waals surface area contributed by atoms with Gasteiger partial charge in [-0.15, -0.1) is 13.2 Å². The minimum atomic E-state index is -4.84. The van der Waals surface area contributed by atoms with E-state index in [0.29, 0.717) is 35.1 Å². The lowest BCUT2D eigenvalue weighted by Gasteiger charge is -2.36. The van der Waals surface area contributed by atoms with Gasteiger partial charge in [0.05, 0.1) is 18.9 Å². The van der Waals surface area contributed by atoms with Crippen LogP contribution in [0.1, 0.15) is 44.8 Å². The van der Waals surface area contributed by atoms with E-state index in [9.17, 15) is 13.2 Å². The molecular weight excluding hydrogens is 435 g/mol. The number of hydrogen-bond acceptors (Lipinski definition) is 6. The fraction of sp³-hybridized carbons (Fsp3) is 0.565. The van der Waals surface area contributed by atoms with Crippen molar-refractivity contribution in [2.24, 2.45) is 11.8 Å². The van der Waals surface area contributed by atoms with Gasteiger partial charge in [-0.05, 0) is 51.2 Å². The summed E-state index contributed by atoms with van der Waals surface area (Å²) < 4.78 is 49.7. The summed E-state index contributed by atoms with van der Waals surface area (Å²) in [4.78, 5) is 6.35. The molecule has 178 valence electrons. The molecule has 2 aromatic rings. The number of nitrogens with two attached hydrogens (primary N) is 1. The second-order valence-electron chi connectivity index (χ2n) is 9.39. The molecule has 5 rings (SSSR count). The Morgan fingerprint density at radius 3 is 2.70 bits per heavy atom. The molecule has 0 spiro atoms. The van der Waals surface area contributed by atoms with Gasteiger partial charge in [-0.1, -0.05) is 6.08 Å². The Labute approximate surface area is 190 Å². The molecule has 2 aliphatic carbocycles. The van der Waals surface area contributed by atoms with Crippen molar-refractivity contribution in [3.8, 4) is 17.0 Å². The summed E-state index contributed by atoms with van der Waals surface area (Å²) in [5, 5.41) is 4.71. The molecule has 4 atom stereocenters. The lowest BCUT2D eigenvalue weighted by atomic mass is 10.1. The van der Waals surface area contributed by atoms with Gasteiger partial charge in [0.15, 0.2) is 11.6 Å². The first kappa shape index (κ1) is 22.1. The standard InChI is InChI=1S/C23H28F3N5O2/c1-12(2)31-19(21-16-7-15(8-17(16)21)30-4-5-32-11-13(30)3)9-18(29-31)14-6-20(22(27)28-10-14)33-23(24,25)26/h6-7,9-10,12-13,16-17,21H,4-5,8,11H2,1-3H3,(H2,27,28)/t13-,16-,17+,21+/m0/s1. The van der Waals surface area contributed by atoms with Crippen molar-refractivity contribution in [2.75, 3.05) is 25.5 Å². The number of ether oxygens (including phenoxy) is 2. The van der Waals surface area contributed by atoms with Crippen molar-refractivity contribution in [1.82, 2.24) is 19.7 Å². The van der Waals surface area contributed by atoms with Crippen LogP contribution in [-0.4, -0.2) is 51.8 Å². The Morgan fingerprint density at radius 2 is 2.06 bits per heavy atom. The number of rotatable bonds is 5. The van der Waals surface area contributed by atoms with Crippen molar-refractivity contribution >= 4 is 5.82 Å². The van der Waals surface area contributed by atoms with Gasteiger partial charge < -0.3 is 20.1 Å². The Hall–Kier alpha value is -2.75. The fourth-order valence-electron chi connectivity index (χ4n) is 5.22. The third-order valence-electron chi connectivity index (χ3n) is 6.79. The maximum atomic E-state index is 12.7. The van der Waals surface area contributed by atoms with E-state index < -0.39 is 12.1 Å². The number of pyridine rings is 1. The molecule has 0 radical (unpaired) electrons. The number of allylic oxidation sites excluding steroid dienone is 2. The summed E-state index contributed by atoms with van der Waals surface area (Å²) in [5.74, 6) is 0.528. The number of aromatic nitrogens is 3. The number of alkyl halides is 3. The minimum Gasteiger partial charge on any atom is -0.402 e. The molecule has 33 heavy (non-hydrogen) atoms. The first-order valence-electron chi connectivity index (χ1n) is 11.3. The number of anilines is 1. The van der Waals surface area contributed by atoms with Gasteiger partial charge >= 0.3 is 6.36 Å². The summed E-state index contributed by atoms with van der Waals surface area (Å²) in [6.45, 7) is 8.74. The molecule has 0 unspecified atom stereocenters. The molecule has 1 saturated heterocycles. The summed E-state index contributed by atoms with van der Waals surface area (Å²) in [6.07, 6.45) is 0.0189. The Balaban J connectivity index is 1.40. The number of nitrogen functional groups attached to an aromatic ring is 1. The summed E-state index contributed by atoms with van der Waals surface area (Å²) in [5.41, 5.74) is 9.10. The van der Waals surface area contributed by atoms with E-state index >= 15 is 0 Å². The van der Waals surface area contributed by atoms with Crippen molar-refractivity contribution in [3.63, 3.8) is 0 Å². The molecule has 0 bridgehead atoms. The lowest BCUT2D eigenvalue weighted by molar-refractivity contribution is -0.274. The molecule has 1 saturated carbocycles. The predicted octanol–water partition coefficient (Wildman–Crippen LogP) is 4.34. The van der Waals surface area contributed by atoms with E-state index in [1.165, 1.54) is 18.0 Å². The highest BCUT2D eigenvalue weighted by Gasteiger charge is 2.55. The number of fused-ring (bicyclic) bond motifs is 1. The molecule has 2 N–H and O–H groups in total. The molecule has 10 heteroatoms. The molecular formula is C23H28F3N5O2. The van der Waals surface area contributed by atoms with Gasteiger partial charge in [0.2, 0.25) is 0 Å². The van der Waals surface area contributed by atoms with Gasteiger partial charge in [0.1, 0.15) is 0 Å². The van der Waals surface area contributed by atoms with Crippen LogP contribution >= 0.6 is 0 Å². The van der Waals surface area contributed by atoms with Gasteiger partial charge in [-0.2, -0.15) is 5.10 Å². The van der Waals surface area contributed by atoms with Crippen LogP contribution in [0, 0.1) is 11.8 Å². The SMILES string of the molecule is CC(C)n1nc(-c2cnc(N)c(OC(F)(F)F)c2)cc1[C@@H]1[C@H]2C=C(N3CCOC[C@@H]3C)C[C@H]21. The quantitative estimate of drug-likeness (QED) is 0.711. The topological polar surface area (TPSA) is 78.4 Å². The highest BCUT2D eigenvalue weighted by atomic mass is 19.4. The molecule has 2 aromatic heterocycles. The third-order valence-corrected chi connectivity index (χ3v) is 6.79. The molecule has 0 amide bonds. The van der Waals surface area contributed by atoms with Crippen LogP contribution in [0.2, 0.25) is 0 Å². The van der Waals surface area contributed by atoms with Crippen molar-refractivity contribution in [1.29, 1.82) is 0 Å². The van der Waals surface area contributed by atoms with E-state index in [2.05, 4.69) is 41.5 Å². The van der Waals surface area contributed by atoms with Crippen LogP contribution in [-0.2, 0) is 4.74 Å². The van der Waals surface area contributed by atoms with Gasteiger partial charge in [-0.25, -0.2) is 4.98 Å². The third kappa shape index (κ3) is 4.16. The van der Waals surface area contributed by atoms with Gasteiger partial charge in [-0.3, -0.25) is 4.68 Å². The number of halogens is 3. The van der Waals surface area contributed by atoms with Gasteiger partial charge in [0, 0.05) is 47.7 Å². The second-order valence-corrected chi connectivity index (χ2v) is 9.39. The Bertz CT molecular complexity index is 1080. The summed E-state index contributed by atoms with van der Waals surface area (Å²) in [7, 11) is 0. The maximum absolute atomic E-state index is 12.7. The van der Waals surface area contributed by atoms with E-state index in [-0.39, 0.29) is 11.9 Å².